The fraction of sp³-hybridized carbons (Fsp3) is 0.688. The van der Waals surface area contributed by atoms with E-state index in [0.29, 0.717) is 44.8 Å². The minimum atomic E-state index is -1.19. The number of aliphatic hydroxyl groups is 2. The number of nitrogens with one attached hydrogen (secondary N) is 1. The van der Waals surface area contributed by atoms with Crippen LogP contribution in [0.15, 0.2) is 11.0 Å². The molecule has 0 aliphatic carbocycles. The number of H-pyrrole nitrogens is 1. The maximum atomic E-state index is 12.5. The lowest BCUT2D eigenvalue weighted by Crippen LogP contribution is -2.64. The van der Waals surface area contributed by atoms with E-state index in [-0.39, 0.29) is 11.5 Å². The zero-order chi connectivity index (χ0) is 17.5. The van der Waals surface area contributed by atoms with Gasteiger partial charge in [-0.05, 0) is 26.7 Å². The number of aliphatic hydroxyl groups excluding tert-OH is 1. The summed E-state index contributed by atoms with van der Waals surface area (Å²) in [5.41, 5.74) is -2.47. The number of aromatic nitrogens is 2. The van der Waals surface area contributed by atoms with Gasteiger partial charge in [-0.1, -0.05) is 0 Å². The van der Waals surface area contributed by atoms with Crippen LogP contribution in [0.1, 0.15) is 42.4 Å². The number of aromatic amines is 1. The van der Waals surface area contributed by atoms with Crippen LogP contribution in [0, 0.1) is 6.92 Å². The average molecular weight is 337 g/mol. The lowest BCUT2D eigenvalue weighted by molar-refractivity contribution is -0.244. The first-order valence-corrected chi connectivity index (χ1v) is 8.15. The van der Waals surface area contributed by atoms with Crippen LogP contribution in [0.5, 0.6) is 0 Å². The van der Waals surface area contributed by atoms with E-state index in [4.69, 9.17) is 4.74 Å². The number of likely N-dealkylation sites (tertiary alicyclic amines) is 1. The fourth-order valence-electron chi connectivity index (χ4n) is 3.56. The minimum absolute atomic E-state index is 0.00802. The monoisotopic (exact) mass is 337 g/mol. The van der Waals surface area contributed by atoms with Crippen molar-refractivity contribution < 1.29 is 19.7 Å². The third-order valence-corrected chi connectivity index (χ3v) is 5.14. The molecule has 1 aromatic rings. The van der Waals surface area contributed by atoms with Crippen molar-refractivity contribution >= 4 is 5.91 Å². The molecule has 0 saturated carbocycles. The van der Waals surface area contributed by atoms with Crippen LogP contribution in [0.25, 0.3) is 0 Å². The van der Waals surface area contributed by atoms with Gasteiger partial charge < -0.3 is 24.8 Å². The Morgan fingerprint density at radius 3 is 2.71 bits per heavy atom. The predicted octanol–water partition coefficient (Wildman–Crippen LogP) is -0.415. The number of piperidine rings is 1. The summed E-state index contributed by atoms with van der Waals surface area (Å²) in [6.07, 6.45) is 1.49. The highest BCUT2D eigenvalue weighted by atomic mass is 16.5. The molecule has 3 rings (SSSR count). The lowest BCUT2D eigenvalue weighted by Gasteiger charge is -2.51. The third kappa shape index (κ3) is 2.85. The second kappa shape index (κ2) is 5.94. The van der Waals surface area contributed by atoms with Crippen molar-refractivity contribution in [1.29, 1.82) is 0 Å². The van der Waals surface area contributed by atoms with Gasteiger partial charge in [0.15, 0.2) is 0 Å². The van der Waals surface area contributed by atoms with E-state index in [9.17, 15) is 19.8 Å². The number of amides is 1. The smallest absolute Gasteiger partial charge is 0.263 e. The standard InChI is InChI=1S/C16H23N3O5/c1-10-17-9-11(12(20)18-10)13(21)19-6-3-16(4-7-19)14(22)15(2,23)5-8-24-16/h9,14,22-23H,3-8H2,1-2H3,(H,17,18,20)/t14-,15+/m0/s1. The van der Waals surface area contributed by atoms with E-state index >= 15 is 0 Å². The van der Waals surface area contributed by atoms with Gasteiger partial charge in [-0.15, -0.1) is 0 Å². The van der Waals surface area contributed by atoms with E-state index in [0.717, 1.165) is 0 Å². The Labute approximate surface area is 139 Å². The zero-order valence-electron chi connectivity index (χ0n) is 13.9. The predicted molar refractivity (Wildman–Crippen MR) is 84.7 cm³/mol. The topological polar surface area (TPSA) is 116 Å². The number of carbonyl (C=O) groups is 1. The minimum Gasteiger partial charge on any atom is -0.387 e. The van der Waals surface area contributed by atoms with Crippen LogP contribution in [0.3, 0.4) is 0 Å². The molecule has 2 saturated heterocycles. The molecular weight excluding hydrogens is 314 g/mol. The molecule has 0 unspecified atom stereocenters. The van der Waals surface area contributed by atoms with Gasteiger partial charge in [0.25, 0.3) is 11.5 Å². The maximum Gasteiger partial charge on any atom is 0.263 e. The van der Waals surface area contributed by atoms with Gasteiger partial charge in [0.05, 0.1) is 12.2 Å². The average Bonchev–Trinajstić information content (AvgIpc) is 2.53. The number of ether oxygens (including phenoxy) is 1. The largest absolute Gasteiger partial charge is 0.387 e. The van der Waals surface area contributed by atoms with E-state index < -0.39 is 22.9 Å². The van der Waals surface area contributed by atoms with Crippen molar-refractivity contribution in [2.75, 3.05) is 19.7 Å². The summed E-state index contributed by atoms with van der Waals surface area (Å²) in [6.45, 7) is 4.32. The summed E-state index contributed by atoms with van der Waals surface area (Å²) in [5.74, 6) is 0.0748. The molecule has 0 aromatic carbocycles. The Hall–Kier alpha value is -1.77. The van der Waals surface area contributed by atoms with E-state index in [1.54, 1.807) is 18.7 Å². The maximum absolute atomic E-state index is 12.5. The molecule has 0 bridgehead atoms. The lowest BCUT2D eigenvalue weighted by atomic mass is 9.75. The number of rotatable bonds is 1. The van der Waals surface area contributed by atoms with Crippen molar-refractivity contribution in [1.82, 2.24) is 14.9 Å². The molecule has 3 N–H and O–H groups in total. The number of carbonyl (C=O) groups excluding carboxylic acids is 1. The van der Waals surface area contributed by atoms with E-state index in [1.807, 2.05) is 0 Å². The molecule has 2 aliphatic heterocycles. The van der Waals surface area contributed by atoms with Crippen LogP contribution in [-0.2, 0) is 4.74 Å². The van der Waals surface area contributed by atoms with E-state index in [1.165, 1.54) is 6.20 Å². The van der Waals surface area contributed by atoms with E-state index in [2.05, 4.69) is 9.97 Å². The Morgan fingerprint density at radius 1 is 1.42 bits per heavy atom. The van der Waals surface area contributed by atoms with Crippen molar-refractivity contribution in [3.8, 4) is 0 Å². The molecule has 8 heteroatoms. The van der Waals surface area contributed by atoms with Gasteiger partial charge in [-0.3, -0.25) is 9.59 Å². The quantitative estimate of drug-likeness (QED) is 0.641. The Bertz CT molecular complexity index is 691. The number of hydrogen-bond donors (Lipinski definition) is 3. The Morgan fingerprint density at radius 2 is 2.08 bits per heavy atom. The molecule has 1 aromatic heterocycles. The van der Waals surface area contributed by atoms with Crippen molar-refractivity contribution in [2.24, 2.45) is 0 Å². The molecule has 2 atom stereocenters. The number of aryl methyl sites for hydroxylation is 1. The highest BCUT2D eigenvalue weighted by Crippen LogP contribution is 2.39. The molecule has 1 amide bonds. The zero-order valence-corrected chi connectivity index (χ0v) is 13.9. The van der Waals surface area contributed by atoms with Gasteiger partial charge in [-0.25, -0.2) is 4.98 Å². The molecule has 2 fully saturated rings. The fourth-order valence-corrected chi connectivity index (χ4v) is 3.56. The molecule has 8 nitrogen and oxygen atoms in total. The molecule has 1 spiro atoms. The highest BCUT2D eigenvalue weighted by molar-refractivity contribution is 5.93. The molecular formula is C16H23N3O5. The first kappa shape index (κ1) is 17.1. The molecule has 24 heavy (non-hydrogen) atoms. The summed E-state index contributed by atoms with van der Waals surface area (Å²) >= 11 is 0. The number of hydrogen-bond acceptors (Lipinski definition) is 6. The molecule has 0 radical (unpaired) electrons. The van der Waals surface area contributed by atoms with Crippen LogP contribution in [-0.4, -0.2) is 68.0 Å². The van der Waals surface area contributed by atoms with Crippen LogP contribution >= 0.6 is 0 Å². The first-order chi connectivity index (χ1) is 11.3. The summed E-state index contributed by atoms with van der Waals surface area (Å²) in [6, 6.07) is 0. The SMILES string of the molecule is Cc1ncc(C(=O)N2CCC3(CC2)OCC[C@@](C)(O)[C@@H]3O)c(=O)[nH]1. The van der Waals surface area contributed by atoms with Gasteiger partial charge in [0.2, 0.25) is 0 Å². The van der Waals surface area contributed by atoms with Crippen molar-refractivity contribution in [3.05, 3.63) is 27.9 Å². The van der Waals surface area contributed by atoms with Crippen LogP contribution in [0.4, 0.5) is 0 Å². The molecule has 3 heterocycles. The van der Waals surface area contributed by atoms with Crippen molar-refractivity contribution in [2.45, 2.75) is 50.4 Å². The Balaban J connectivity index is 1.73. The van der Waals surface area contributed by atoms with Crippen LogP contribution in [0.2, 0.25) is 0 Å². The van der Waals surface area contributed by atoms with Gasteiger partial charge in [0, 0.05) is 25.7 Å². The summed E-state index contributed by atoms with van der Waals surface area (Å²) in [4.78, 5) is 32.5. The third-order valence-electron chi connectivity index (χ3n) is 5.14. The summed E-state index contributed by atoms with van der Waals surface area (Å²) < 4.78 is 5.80. The Kier molecular flexibility index (Phi) is 4.23. The summed E-state index contributed by atoms with van der Waals surface area (Å²) in [5, 5.41) is 20.8. The van der Waals surface area contributed by atoms with Gasteiger partial charge in [-0.2, -0.15) is 0 Å². The van der Waals surface area contributed by atoms with Crippen LogP contribution < -0.4 is 5.56 Å². The van der Waals surface area contributed by atoms with Gasteiger partial charge >= 0.3 is 0 Å². The molecule has 2 aliphatic rings. The first-order valence-electron chi connectivity index (χ1n) is 8.15. The summed E-state index contributed by atoms with van der Waals surface area (Å²) in [7, 11) is 0. The number of nitrogens with zero attached hydrogens (tertiary/aromatic N) is 2. The van der Waals surface area contributed by atoms with Crippen molar-refractivity contribution in [3.63, 3.8) is 0 Å². The molecule has 132 valence electrons. The highest BCUT2D eigenvalue weighted by Gasteiger charge is 2.53. The second-order valence-corrected chi connectivity index (χ2v) is 6.93. The van der Waals surface area contributed by atoms with Gasteiger partial charge in [0.1, 0.15) is 23.1 Å². The second-order valence-electron chi connectivity index (χ2n) is 6.93. The normalized spacial score (nSPS) is 29.7.